The summed E-state index contributed by atoms with van der Waals surface area (Å²) in [7, 11) is 1.67. The zero-order chi connectivity index (χ0) is 16.8. The number of hydrogen-bond acceptors (Lipinski definition) is 5. The van der Waals surface area contributed by atoms with Gasteiger partial charge in [-0.2, -0.15) is 0 Å². The zero-order valence-electron chi connectivity index (χ0n) is 14.5. The minimum Gasteiger partial charge on any atom is -0.497 e. The number of aryl methyl sites for hydroxylation is 1. The quantitative estimate of drug-likeness (QED) is 0.853. The van der Waals surface area contributed by atoms with Gasteiger partial charge < -0.3 is 15.4 Å². The topological polar surface area (TPSA) is 59.1 Å². The summed E-state index contributed by atoms with van der Waals surface area (Å²) >= 11 is 0. The first-order valence-corrected chi connectivity index (χ1v) is 8.78. The number of piperidine rings is 1. The molecule has 2 heterocycles. The van der Waals surface area contributed by atoms with Gasteiger partial charge in [0.1, 0.15) is 11.6 Å². The van der Waals surface area contributed by atoms with Crippen LogP contribution in [-0.4, -0.2) is 36.2 Å². The van der Waals surface area contributed by atoms with E-state index in [0.29, 0.717) is 6.04 Å². The molecule has 1 aromatic heterocycles. The summed E-state index contributed by atoms with van der Waals surface area (Å²) in [5.74, 6) is 2.54. The molecule has 3 rings (SSSR count). The molecule has 1 aliphatic rings. The molecular weight excluding hydrogens is 300 g/mol. The molecule has 0 saturated carbocycles. The number of nitrogens with one attached hydrogen (secondary N) is 2. The second kappa shape index (κ2) is 8.11. The van der Waals surface area contributed by atoms with Crippen LogP contribution in [0.3, 0.4) is 0 Å². The molecule has 1 unspecified atom stereocenters. The Kier molecular flexibility index (Phi) is 5.64. The van der Waals surface area contributed by atoms with Crippen LogP contribution in [0.5, 0.6) is 5.75 Å². The molecule has 0 radical (unpaired) electrons. The van der Waals surface area contributed by atoms with Crippen LogP contribution < -0.4 is 15.4 Å². The molecule has 2 N–H and O–H groups in total. The van der Waals surface area contributed by atoms with Crippen molar-refractivity contribution in [1.82, 2.24) is 15.3 Å². The second-order valence-electron chi connectivity index (χ2n) is 6.23. The third-order valence-corrected chi connectivity index (χ3v) is 4.28. The van der Waals surface area contributed by atoms with E-state index in [4.69, 9.17) is 14.7 Å². The Morgan fingerprint density at radius 1 is 1.25 bits per heavy atom. The molecule has 0 spiro atoms. The molecule has 5 heteroatoms. The number of nitrogens with zero attached hydrogens (tertiary/aromatic N) is 2. The summed E-state index contributed by atoms with van der Waals surface area (Å²) in [6, 6.07) is 10.4. The van der Waals surface area contributed by atoms with Gasteiger partial charge >= 0.3 is 0 Å². The highest BCUT2D eigenvalue weighted by Crippen LogP contribution is 2.22. The molecule has 1 fully saturated rings. The third-order valence-electron chi connectivity index (χ3n) is 4.28. The summed E-state index contributed by atoms with van der Waals surface area (Å²) in [6.45, 7) is 4.28. The molecule has 1 aliphatic heterocycles. The minimum atomic E-state index is 0.437. The highest BCUT2D eigenvalue weighted by Gasteiger charge is 2.14. The van der Waals surface area contributed by atoms with Crippen molar-refractivity contribution in [3.8, 4) is 17.1 Å². The maximum Gasteiger partial charge on any atom is 0.161 e. The lowest BCUT2D eigenvalue weighted by Crippen LogP contribution is -2.38. The molecule has 128 valence electrons. The van der Waals surface area contributed by atoms with Gasteiger partial charge in [0.15, 0.2) is 5.82 Å². The Morgan fingerprint density at radius 2 is 2.08 bits per heavy atom. The third kappa shape index (κ3) is 4.23. The molecule has 24 heavy (non-hydrogen) atoms. The fraction of sp³-hybridized carbons (Fsp3) is 0.474. The monoisotopic (exact) mass is 326 g/mol. The second-order valence-corrected chi connectivity index (χ2v) is 6.23. The molecule has 0 amide bonds. The lowest BCUT2D eigenvalue weighted by Gasteiger charge is -2.24. The summed E-state index contributed by atoms with van der Waals surface area (Å²) in [5, 5.41) is 7.01. The van der Waals surface area contributed by atoms with Crippen molar-refractivity contribution in [3.63, 3.8) is 0 Å². The largest absolute Gasteiger partial charge is 0.497 e. The van der Waals surface area contributed by atoms with Crippen molar-refractivity contribution in [2.45, 2.75) is 38.6 Å². The SMILES string of the molecule is CCCc1cc(NC2CCCNC2)nc(-c2ccc(OC)cc2)n1. The van der Waals surface area contributed by atoms with Crippen LogP contribution in [-0.2, 0) is 6.42 Å². The van der Waals surface area contributed by atoms with Crippen molar-refractivity contribution in [2.24, 2.45) is 0 Å². The summed E-state index contributed by atoms with van der Waals surface area (Å²) in [6.07, 6.45) is 4.42. The van der Waals surface area contributed by atoms with Gasteiger partial charge in [-0.3, -0.25) is 0 Å². The van der Waals surface area contributed by atoms with Crippen LogP contribution in [0, 0.1) is 0 Å². The molecule has 2 aromatic rings. The van der Waals surface area contributed by atoms with E-state index >= 15 is 0 Å². The first-order valence-electron chi connectivity index (χ1n) is 8.78. The van der Waals surface area contributed by atoms with Crippen molar-refractivity contribution in [2.75, 3.05) is 25.5 Å². The fourth-order valence-corrected chi connectivity index (χ4v) is 3.01. The molecule has 1 saturated heterocycles. The van der Waals surface area contributed by atoms with Crippen molar-refractivity contribution >= 4 is 5.82 Å². The average molecular weight is 326 g/mol. The fourth-order valence-electron chi connectivity index (χ4n) is 3.01. The molecule has 1 atom stereocenters. The Bertz CT molecular complexity index is 651. The number of rotatable bonds is 6. The highest BCUT2D eigenvalue weighted by molar-refractivity contribution is 5.59. The van der Waals surface area contributed by atoms with Gasteiger partial charge in [-0.15, -0.1) is 0 Å². The van der Waals surface area contributed by atoms with Crippen LogP contribution >= 0.6 is 0 Å². The van der Waals surface area contributed by atoms with E-state index in [1.807, 2.05) is 24.3 Å². The Morgan fingerprint density at radius 3 is 2.75 bits per heavy atom. The molecule has 0 aliphatic carbocycles. The number of methoxy groups -OCH3 is 1. The van der Waals surface area contributed by atoms with Gasteiger partial charge in [0.2, 0.25) is 0 Å². The summed E-state index contributed by atoms with van der Waals surface area (Å²) in [5.41, 5.74) is 2.10. The van der Waals surface area contributed by atoms with E-state index in [1.54, 1.807) is 7.11 Å². The highest BCUT2D eigenvalue weighted by atomic mass is 16.5. The Hall–Kier alpha value is -2.14. The van der Waals surface area contributed by atoms with Gasteiger partial charge in [-0.25, -0.2) is 9.97 Å². The molecule has 0 bridgehead atoms. The maximum absolute atomic E-state index is 5.23. The zero-order valence-corrected chi connectivity index (χ0v) is 14.5. The number of aromatic nitrogens is 2. The molecule has 1 aromatic carbocycles. The summed E-state index contributed by atoms with van der Waals surface area (Å²) in [4.78, 5) is 9.48. The van der Waals surface area contributed by atoms with Crippen molar-refractivity contribution in [3.05, 3.63) is 36.0 Å². The van der Waals surface area contributed by atoms with Gasteiger partial charge in [0, 0.05) is 29.9 Å². The normalized spacial score (nSPS) is 17.5. The predicted molar refractivity (Wildman–Crippen MR) is 97.5 cm³/mol. The van der Waals surface area contributed by atoms with E-state index in [-0.39, 0.29) is 0 Å². The van der Waals surface area contributed by atoms with Crippen LogP contribution in [0.25, 0.3) is 11.4 Å². The van der Waals surface area contributed by atoms with Gasteiger partial charge in [-0.1, -0.05) is 13.3 Å². The van der Waals surface area contributed by atoms with Crippen molar-refractivity contribution < 1.29 is 4.74 Å². The van der Waals surface area contributed by atoms with E-state index in [0.717, 1.165) is 54.6 Å². The number of hydrogen-bond donors (Lipinski definition) is 2. The first-order chi connectivity index (χ1) is 11.8. The van der Waals surface area contributed by atoms with Crippen LogP contribution in [0.15, 0.2) is 30.3 Å². The van der Waals surface area contributed by atoms with Crippen molar-refractivity contribution in [1.29, 1.82) is 0 Å². The first kappa shape index (κ1) is 16.7. The molecular formula is C19H26N4O. The van der Waals surface area contributed by atoms with Crippen LogP contribution in [0.2, 0.25) is 0 Å². The number of anilines is 1. The lowest BCUT2D eigenvalue weighted by atomic mass is 10.1. The Balaban J connectivity index is 1.86. The average Bonchev–Trinajstić information content (AvgIpc) is 2.63. The van der Waals surface area contributed by atoms with E-state index in [2.05, 4.69) is 23.6 Å². The van der Waals surface area contributed by atoms with E-state index in [1.165, 1.54) is 12.8 Å². The minimum absolute atomic E-state index is 0.437. The standard InChI is InChI=1S/C19H26N4O/c1-3-5-15-12-18(21-16-6-4-11-20-13-16)23-19(22-15)14-7-9-17(24-2)10-8-14/h7-10,12,16,20H,3-6,11,13H2,1-2H3,(H,21,22,23). The lowest BCUT2D eigenvalue weighted by molar-refractivity contribution is 0.415. The molecule has 5 nitrogen and oxygen atoms in total. The van der Waals surface area contributed by atoms with Gasteiger partial charge in [0.05, 0.1) is 7.11 Å². The maximum atomic E-state index is 5.23. The van der Waals surface area contributed by atoms with Gasteiger partial charge in [-0.05, 0) is 50.1 Å². The predicted octanol–water partition coefficient (Wildman–Crippen LogP) is 3.27. The number of benzene rings is 1. The van der Waals surface area contributed by atoms with Gasteiger partial charge in [0.25, 0.3) is 0 Å². The van der Waals surface area contributed by atoms with E-state index < -0.39 is 0 Å². The Labute approximate surface area is 143 Å². The van der Waals surface area contributed by atoms with E-state index in [9.17, 15) is 0 Å². The van der Waals surface area contributed by atoms with Crippen LogP contribution in [0.1, 0.15) is 31.9 Å². The van der Waals surface area contributed by atoms with Crippen LogP contribution in [0.4, 0.5) is 5.82 Å². The summed E-state index contributed by atoms with van der Waals surface area (Å²) < 4.78 is 5.23. The smallest absolute Gasteiger partial charge is 0.161 e. The number of ether oxygens (including phenoxy) is 1.